The van der Waals surface area contributed by atoms with Crippen LogP contribution in [0.3, 0.4) is 0 Å². The summed E-state index contributed by atoms with van der Waals surface area (Å²) >= 11 is 0. The molecule has 0 aliphatic rings. The Morgan fingerprint density at radius 1 is 1.08 bits per heavy atom. The van der Waals surface area contributed by atoms with Crippen molar-refractivity contribution in [3.63, 3.8) is 0 Å². The Morgan fingerprint density at radius 3 is 2.38 bits per heavy atom. The van der Waals surface area contributed by atoms with E-state index in [-0.39, 0.29) is 10.6 Å². The summed E-state index contributed by atoms with van der Waals surface area (Å²) < 4.78 is 31.3. The third kappa shape index (κ3) is 3.57. The van der Waals surface area contributed by atoms with Crippen LogP contribution in [0.25, 0.3) is 5.69 Å². The fourth-order valence-corrected chi connectivity index (χ4v) is 3.16. The fraction of sp³-hybridized carbons (Fsp3) is 0.118. The molecule has 0 fully saturated rings. The molecule has 0 aliphatic carbocycles. The van der Waals surface area contributed by atoms with Crippen molar-refractivity contribution >= 4 is 15.8 Å². The first kappa shape index (κ1) is 17.6. The van der Waals surface area contributed by atoms with Crippen LogP contribution in [-0.4, -0.2) is 23.1 Å². The number of hydrogen-bond acceptors (Lipinski definition) is 6. The molecule has 0 atom stereocenters. The molecular formula is C17H15N3O5S. The average Bonchev–Trinajstić information content (AvgIpc) is 3.08. The lowest BCUT2D eigenvalue weighted by molar-refractivity contribution is -0.385. The van der Waals surface area contributed by atoms with E-state index in [0.29, 0.717) is 11.3 Å². The summed E-state index contributed by atoms with van der Waals surface area (Å²) in [5.74, 6) is -0.344. The van der Waals surface area contributed by atoms with Crippen LogP contribution >= 0.6 is 0 Å². The highest BCUT2D eigenvalue weighted by Gasteiger charge is 2.25. The highest BCUT2D eigenvalue weighted by Crippen LogP contribution is 2.30. The van der Waals surface area contributed by atoms with Crippen molar-refractivity contribution in [1.82, 2.24) is 9.78 Å². The van der Waals surface area contributed by atoms with Crippen molar-refractivity contribution in [1.29, 1.82) is 0 Å². The Bertz CT molecular complexity index is 1070. The molecule has 9 heteroatoms. The Balaban J connectivity index is 1.93. The van der Waals surface area contributed by atoms with Gasteiger partial charge in [0, 0.05) is 6.07 Å². The van der Waals surface area contributed by atoms with Crippen molar-refractivity contribution < 1.29 is 17.5 Å². The number of nitro benzene ring substituents is 1. The quantitative estimate of drug-likeness (QED) is 0.386. The first-order valence-corrected chi connectivity index (χ1v) is 8.98. The van der Waals surface area contributed by atoms with Crippen molar-refractivity contribution in [3.8, 4) is 11.4 Å². The lowest BCUT2D eigenvalue weighted by Crippen LogP contribution is -2.10. The molecule has 2 aromatic carbocycles. The number of rotatable bonds is 5. The SMILES string of the molecule is Cc1ccc(-n2cc(S(=O)(=O)Oc3ccc(C)cc3[N+](=O)[O-])cn2)cc1. The highest BCUT2D eigenvalue weighted by molar-refractivity contribution is 7.87. The van der Waals surface area contributed by atoms with Gasteiger partial charge in [-0.3, -0.25) is 10.1 Å². The minimum atomic E-state index is -4.27. The maximum Gasteiger partial charge on any atom is 0.342 e. The molecule has 0 saturated carbocycles. The van der Waals surface area contributed by atoms with Gasteiger partial charge in [0.2, 0.25) is 5.75 Å². The molecule has 0 saturated heterocycles. The van der Waals surface area contributed by atoms with Crippen molar-refractivity contribution in [2.75, 3.05) is 0 Å². The van der Waals surface area contributed by atoms with E-state index in [2.05, 4.69) is 5.10 Å². The van der Waals surface area contributed by atoms with E-state index in [1.807, 2.05) is 19.1 Å². The molecular weight excluding hydrogens is 358 g/mol. The van der Waals surface area contributed by atoms with E-state index in [4.69, 9.17) is 4.18 Å². The normalized spacial score (nSPS) is 11.3. The van der Waals surface area contributed by atoms with Gasteiger partial charge in [0.25, 0.3) is 0 Å². The molecule has 8 nitrogen and oxygen atoms in total. The standard InChI is InChI=1S/C17H15N3O5S/c1-12-3-6-14(7-4-12)19-11-15(10-18-19)26(23,24)25-17-8-5-13(2)9-16(17)20(21)22/h3-11H,1-2H3. The van der Waals surface area contributed by atoms with Crippen LogP contribution in [0.4, 0.5) is 5.69 Å². The molecule has 26 heavy (non-hydrogen) atoms. The van der Waals surface area contributed by atoms with Crippen molar-refractivity contribution in [2.24, 2.45) is 0 Å². The lowest BCUT2D eigenvalue weighted by Gasteiger charge is -2.06. The number of benzene rings is 2. The monoisotopic (exact) mass is 373 g/mol. The number of nitro groups is 1. The van der Waals surface area contributed by atoms with Gasteiger partial charge in [-0.15, -0.1) is 0 Å². The summed E-state index contributed by atoms with van der Waals surface area (Å²) in [6, 6.07) is 11.4. The van der Waals surface area contributed by atoms with Gasteiger partial charge in [-0.2, -0.15) is 13.5 Å². The Hall–Kier alpha value is -3.20. The van der Waals surface area contributed by atoms with E-state index in [1.54, 1.807) is 19.1 Å². The number of nitrogens with zero attached hydrogens (tertiary/aromatic N) is 3. The lowest BCUT2D eigenvalue weighted by atomic mass is 10.2. The van der Waals surface area contributed by atoms with Gasteiger partial charge in [0.15, 0.2) is 0 Å². The summed E-state index contributed by atoms with van der Waals surface area (Å²) in [7, 11) is -4.27. The van der Waals surface area contributed by atoms with Crippen LogP contribution in [-0.2, 0) is 10.1 Å². The second-order valence-electron chi connectivity index (χ2n) is 5.72. The predicted octanol–water partition coefficient (Wildman–Crippen LogP) is 3.17. The first-order valence-electron chi connectivity index (χ1n) is 7.57. The summed E-state index contributed by atoms with van der Waals surface area (Å²) in [5.41, 5.74) is 1.94. The number of aromatic nitrogens is 2. The van der Waals surface area contributed by atoms with Crippen molar-refractivity contribution in [2.45, 2.75) is 18.7 Å². The van der Waals surface area contributed by atoms with Crippen LogP contribution in [0.1, 0.15) is 11.1 Å². The minimum Gasteiger partial charge on any atom is -0.371 e. The molecule has 0 N–H and O–H groups in total. The molecule has 1 aromatic heterocycles. The largest absolute Gasteiger partial charge is 0.371 e. The third-order valence-corrected chi connectivity index (χ3v) is 4.84. The molecule has 0 amide bonds. The van der Waals surface area contributed by atoms with Gasteiger partial charge in [0.1, 0.15) is 4.90 Å². The van der Waals surface area contributed by atoms with Gasteiger partial charge >= 0.3 is 15.8 Å². The van der Waals surface area contributed by atoms with Crippen LogP contribution in [0, 0.1) is 24.0 Å². The van der Waals surface area contributed by atoms with Gasteiger partial charge in [-0.25, -0.2) is 4.68 Å². The molecule has 3 aromatic rings. The predicted molar refractivity (Wildman–Crippen MR) is 93.9 cm³/mol. The molecule has 3 rings (SSSR count). The second-order valence-corrected chi connectivity index (χ2v) is 7.27. The Labute approximate surface area is 149 Å². The Morgan fingerprint density at radius 2 is 1.73 bits per heavy atom. The topological polar surface area (TPSA) is 104 Å². The third-order valence-electron chi connectivity index (χ3n) is 3.66. The molecule has 0 radical (unpaired) electrons. The smallest absolute Gasteiger partial charge is 0.342 e. The van der Waals surface area contributed by atoms with Crippen LogP contribution < -0.4 is 4.18 Å². The van der Waals surface area contributed by atoms with E-state index >= 15 is 0 Å². The Kier molecular flexibility index (Phi) is 4.47. The summed E-state index contributed by atoms with van der Waals surface area (Å²) in [4.78, 5) is 10.2. The molecule has 0 bridgehead atoms. The number of aryl methyl sites for hydroxylation is 2. The molecule has 0 aliphatic heterocycles. The summed E-state index contributed by atoms with van der Waals surface area (Å²) in [5, 5.41) is 15.1. The maximum atomic E-state index is 12.5. The average molecular weight is 373 g/mol. The summed E-state index contributed by atoms with van der Waals surface area (Å²) in [6.07, 6.45) is 2.43. The van der Waals surface area contributed by atoms with E-state index in [0.717, 1.165) is 11.8 Å². The molecule has 0 unspecified atom stereocenters. The molecule has 1 heterocycles. The van der Waals surface area contributed by atoms with E-state index in [1.165, 1.54) is 29.1 Å². The van der Waals surface area contributed by atoms with Crippen LogP contribution in [0.15, 0.2) is 59.8 Å². The minimum absolute atomic E-state index is 0.201. The highest BCUT2D eigenvalue weighted by atomic mass is 32.2. The maximum absolute atomic E-state index is 12.5. The van der Waals surface area contributed by atoms with Gasteiger partial charge in [-0.1, -0.05) is 23.8 Å². The van der Waals surface area contributed by atoms with E-state index < -0.39 is 20.7 Å². The van der Waals surface area contributed by atoms with Gasteiger partial charge in [-0.05, 0) is 37.6 Å². The zero-order chi connectivity index (χ0) is 18.9. The molecule has 134 valence electrons. The first-order chi connectivity index (χ1) is 12.3. The van der Waals surface area contributed by atoms with Crippen LogP contribution in [0.2, 0.25) is 0 Å². The zero-order valence-electron chi connectivity index (χ0n) is 14.0. The van der Waals surface area contributed by atoms with Crippen LogP contribution in [0.5, 0.6) is 5.75 Å². The fourth-order valence-electron chi connectivity index (χ4n) is 2.28. The summed E-state index contributed by atoms with van der Waals surface area (Å²) in [6.45, 7) is 3.60. The molecule has 0 spiro atoms. The zero-order valence-corrected chi connectivity index (χ0v) is 14.8. The number of hydrogen-bond donors (Lipinski definition) is 0. The van der Waals surface area contributed by atoms with Gasteiger partial charge < -0.3 is 4.18 Å². The second kappa shape index (κ2) is 6.60. The van der Waals surface area contributed by atoms with Crippen molar-refractivity contribution in [3.05, 3.63) is 76.1 Å². The van der Waals surface area contributed by atoms with E-state index in [9.17, 15) is 18.5 Å². The van der Waals surface area contributed by atoms with Gasteiger partial charge in [0.05, 0.1) is 23.0 Å².